The molecule has 0 fully saturated rings. The van der Waals surface area contributed by atoms with E-state index in [1.54, 1.807) is 0 Å². The van der Waals surface area contributed by atoms with Crippen molar-refractivity contribution in [3.63, 3.8) is 0 Å². The van der Waals surface area contributed by atoms with E-state index in [0.29, 0.717) is 7.11 Å². The van der Waals surface area contributed by atoms with Gasteiger partial charge in [0.15, 0.2) is 63.9 Å². The molecular formula is C27H7F13O. The molecule has 0 aromatic heterocycles. The maximum atomic E-state index is 15.4. The lowest BCUT2D eigenvalue weighted by atomic mass is 9.84. The van der Waals surface area contributed by atoms with Crippen LogP contribution in [0.1, 0.15) is 0 Å². The van der Waals surface area contributed by atoms with E-state index in [2.05, 4.69) is 4.74 Å². The first-order valence-corrected chi connectivity index (χ1v) is 10.9. The summed E-state index contributed by atoms with van der Waals surface area (Å²) in [6.45, 7) is 0. The molecular weight excluding hydrogens is 587 g/mol. The molecule has 5 aromatic rings. The normalized spacial score (nSPS) is 11.7. The van der Waals surface area contributed by atoms with Crippen molar-refractivity contribution in [2.24, 2.45) is 0 Å². The summed E-state index contributed by atoms with van der Waals surface area (Å²) >= 11 is 0. The number of hydrogen-bond donors (Lipinski definition) is 0. The van der Waals surface area contributed by atoms with Crippen LogP contribution < -0.4 is 4.74 Å². The van der Waals surface area contributed by atoms with Crippen LogP contribution in [0.5, 0.6) is 5.75 Å². The monoisotopic (exact) mass is 594 g/mol. The molecule has 5 aromatic carbocycles. The summed E-state index contributed by atoms with van der Waals surface area (Å²) in [6, 6.07) is 3.50. The van der Waals surface area contributed by atoms with Crippen LogP contribution in [0, 0.1) is 75.6 Å². The lowest BCUT2D eigenvalue weighted by Crippen LogP contribution is -2.09. The molecule has 0 spiro atoms. The molecule has 0 radical (unpaired) electrons. The lowest BCUT2D eigenvalue weighted by molar-refractivity contribution is 0.334. The van der Waals surface area contributed by atoms with Crippen molar-refractivity contribution in [2.45, 2.75) is 0 Å². The maximum absolute atomic E-state index is 15.4. The van der Waals surface area contributed by atoms with Crippen molar-refractivity contribution < 1.29 is 61.8 Å². The van der Waals surface area contributed by atoms with Crippen LogP contribution in [0.15, 0.2) is 24.3 Å². The zero-order valence-corrected chi connectivity index (χ0v) is 19.6. The molecule has 0 saturated carbocycles. The maximum Gasteiger partial charge on any atom is 0.204 e. The van der Waals surface area contributed by atoms with Crippen LogP contribution in [0.4, 0.5) is 57.1 Å². The van der Waals surface area contributed by atoms with Gasteiger partial charge in [0.25, 0.3) is 0 Å². The number of halogens is 13. The molecule has 0 unspecified atom stereocenters. The third kappa shape index (κ3) is 3.65. The molecule has 0 amide bonds. The predicted molar refractivity (Wildman–Crippen MR) is 118 cm³/mol. The summed E-state index contributed by atoms with van der Waals surface area (Å²) in [5.41, 5.74) is -6.63. The third-order valence-corrected chi connectivity index (χ3v) is 6.37. The van der Waals surface area contributed by atoms with Crippen molar-refractivity contribution >= 4 is 21.5 Å². The van der Waals surface area contributed by atoms with Gasteiger partial charge >= 0.3 is 0 Å². The van der Waals surface area contributed by atoms with E-state index in [1.165, 1.54) is 0 Å². The fourth-order valence-corrected chi connectivity index (χ4v) is 4.64. The molecule has 14 heteroatoms. The molecule has 0 atom stereocenters. The molecule has 5 rings (SSSR count). The van der Waals surface area contributed by atoms with Gasteiger partial charge in [-0.1, -0.05) is 24.3 Å². The Balaban J connectivity index is 2.20. The first-order chi connectivity index (χ1) is 19.3. The second-order valence-electron chi connectivity index (χ2n) is 8.41. The summed E-state index contributed by atoms with van der Waals surface area (Å²) < 4.78 is 196. The molecule has 0 bridgehead atoms. The average molecular weight is 594 g/mol. The molecule has 0 heterocycles. The summed E-state index contributed by atoms with van der Waals surface area (Å²) in [7, 11) is 0.622. The Bertz CT molecular complexity index is 1910. The SMILES string of the molecule is COc1c(F)c(F)c(-c2c3ccccc3c(-c3c(F)c(F)c(F)c(F)c3F)c3c(F)c(F)c(F)c(F)c23)c(F)c1F. The highest BCUT2D eigenvalue weighted by Gasteiger charge is 2.36. The molecule has 212 valence electrons. The van der Waals surface area contributed by atoms with Gasteiger partial charge in [-0.25, -0.2) is 48.3 Å². The van der Waals surface area contributed by atoms with Crippen LogP contribution in [0.25, 0.3) is 43.8 Å². The van der Waals surface area contributed by atoms with E-state index in [1.807, 2.05) is 0 Å². The number of fused-ring (bicyclic) bond motifs is 2. The summed E-state index contributed by atoms with van der Waals surface area (Å²) in [6.07, 6.45) is 0. The van der Waals surface area contributed by atoms with Crippen LogP contribution in [-0.4, -0.2) is 7.11 Å². The van der Waals surface area contributed by atoms with Crippen molar-refractivity contribution in [1.82, 2.24) is 0 Å². The second kappa shape index (κ2) is 9.56. The zero-order valence-electron chi connectivity index (χ0n) is 19.6. The van der Waals surface area contributed by atoms with Gasteiger partial charge in [0, 0.05) is 21.9 Å². The van der Waals surface area contributed by atoms with Gasteiger partial charge in [0.2, 0.25) is 17.5 Å². The van der Waals surface area contributed by atoms with Gasteiger partial charge in [-0.15, -0.1) is 0 Å². The van der Waals surface area contributed by atoms with E-state index in [9.17, 15) is 39.5 Å². The molecule has 0 aliphatic rings. The Kier molecular flexibility index (Phi) is 6.54. The molecule has 1 nitrogen and oxygen atoms in total. The van der Waals surface area contributed by atoms with Crippen LogP contribution >= 0.6 is 0 Å². The predicted octanol–water partition coefficient (Wildman–Crippen LogP) is 9.14. The lowest BCUT2D eigenvalue weighted by Gasteiger charge is -2.21. The first-order valence-electron chi connectivity index (χ1n) is 10.9. The highest BCUT2D eigenvalue weighted by Crippen LogP contribution is 2.50. The van der Waals surface area contributed by atoms with E-state index in [-0.39, 0.29) is 0 Å². The minimum Gasteiger partial charge on any atom is -0.491 e. The fraction of sp³-hybridized carbons (Fsp3) is 0.0370. The third-order valence-electron chi connectivity index (χ3n) is 6.37. The van der Waals surface area contributed by atoms with Crippen LogP contribution in [0.3, 0.4) is 0 Å². The van der Waals surface area contributed by atoms with Gasteiger partial charge < -0.3 is 4.74 Å². The van der Waals surface area contributed by atoms with E-state index < -0.39 is 125 Å². The largest absolute Gasteiger partial charge is 0.491 e. The quantitative estimate of drug-likeness (QED) is 0.0877. The molecule has 0 saturated heterocycles. The molecule has 0 aliphatic heterocycles. The van der Waals surface area contributed by atoms with Crippen LogP contribution in [-0.2, 0) is 0 Å². The average Bonchev–Trinajstić information content (AvgIpc) is 2.96. The Morgan fingerprint density at radius 2 is 0.659 bits per heavy atom. The highest BCUT2D eigenvalue weighted by molar-refractivity contribution is 6.22. The second-order valence-corrected chi connectivity index (χ2v) is 8.41. The Morgan fingerprint density at radius 3 is 1.00 bits per heavy atom. The summed E-state index contributed by atoms with van der Waals surface area (Å²) in [5.74, 6) is -33.9. The summed E-state index contributed by atoms with van der Waals surface area (Å²) in [4.78, 5) is 0. The fourth-order valence-electron chi connectivity index (χ4n) is 4.64. The number of methoxy groups -OCH3 is 1. The first kappa shape index (κ1) is 28.1. The van der Waals surface area contributed by atoms with Gasteiger partial charge in [0.1, 0.15) is 0 Å². The van der Waals surface area contributed by atoms with E-state index in [4.69, 9.17) is 0 Å². The van der Waals surface area contributed by atoms with Crippen LogP contribution in [0.2, 0.25) is 0 Å². The van der Waals surface area contributed by atoms with E-state index in [0.717, 1.165) is 24.3 Å². The van der Waals surface area contributed by atoms with Gasteiger partial charge in [-0.3, -0.25) is 0 Å². The Morgan fingerprint density at radius 1 is 0.366 bits per heavy atom. The Hall–Kier alpha value is -4.49. The minimum absolute atomic E-state index is 0.622. The van der Waals surface area contributed by atoms with Gasteiger partial charge in [-0.2, -0.15) is 8.78 Å². The standard InChI is InChI=1S/C27H7F13O/c1-41-27-25(39)18(32)13(19(33)26(27)40)9-7-5-3-2-4-6(7)8(10-11(9)15(29)21(35)20(34)14(10)28)12-16(30)22(36)24(38)23(37)17(12)31/h2-5H,1H3. The van der Waals surface area contributed by atoms with Gasteiger partial charge in [-0.05, 0) is 10.8 Å². The minimum atomic E-state index is -2.66. The number of rotatable bonds is 3. The molecule has 0 aliphatic carbocycles. The summed E-state index contributed by atoms with van der Waals surface area (Å²) in [5, 5.41) is -5.25. The van der Waals surface area contributed by atoms with E-state index >= 15 is 17.6 Å². The topological polar surface area (TPSA) is 9.23 Å². The van der Waals surface area contributed by atoms with Crippen molar-refractivity contribution in [3.05, 3.63) is 99.9 Å². The van der Waals surface area contributed by atoms with Crippen molar-refractivity contribution in [1.29, 1.82) is 0 Å². The van der Waals surface area contributed by atoms with Crippen molar-refractivity contribution in [3.8, 4) is 28.0 Å². The molecule has 41 heavy (non-hydrogen) atoms. The van der Waals surface area contributed by atoms with Crippen molar-refractivity contribution in [2.75, 3.05) is 7.11 Å². The zero-order chi connectivity index (χ0) is 30.2. The number of hydrogen-bond acceptors (Lipinski definition) is 1. The Labute approximate surface area is 219 Å². The number of benzene rings is 5. The highest BCUT2D eigenvalue weighted by atomic mass is 19.2. The molecule has 0 N–H and O–H groups in total. The smallest absolute Gasteiger partial charge is 0.204 e. The number of ether oxygens (including phenoxy) is 1. The van der Waals surface area contributed by atoms with Gasteiger partial charge in [0.05, 0.1) is 18.2 Å².